The van der Waals surface area contributed by atoms with E-state index in [2.05, 4.69) is 29.1 Å². The largest absolute Gasteiger partial charge is 0.370 e. The van der Waals surface area contributed by atoms with Gasteiger partial charge in [0.05, 0.1) is 5.75 Å². The Hall–Kier alpha value is -0.770. The van der Waals surface area contributed by atoms with Crippen molar-refractivity contribution in [2.24, 2.45) is 5.92 Å². The fraction of sp³-hybridized carbons (Fsp3) is 0.733. The average Bonchev–Trinajstić information content (AvgIpc) is 2.36. The van der Waals surface area contributed by atoms with Gasteiger partial charge < -0.3 is 5.32 Å². The van der Waals surface area contributed by atoms with Crippen LogP contribution in [-0.4, -0.2) is 21.8 Å². The van der Waals surface area contributed by atoms with Crippen molar-refractivity contribution in [1.82, 2.24) is 9.97 Å². The Bertz CT molecular complexity index is 408. The first-order chi connectivity index (χ1) is 9.17. The average molecular weight is 279 g/mol. The van der Waals surface area contributed by atoms with Gasteiger partial charge in [-0.15, -0.1) is 0 Å². The van der Waals surface area contributed by atoms with Crippen LogP contribution in [0.5, 0.6) is 0 Å². The lowest BCUT2D eigenvalue weighted by Crippen LogP contribution is -2.15. The third-order valence-electron chi connectivity index (χ3n) is 3.59. The molecule has 0 radical (unpaired) electrons. The van der Waals surface area contributed by atoms with E-state index in [0.29, 0.717) is 0 Å². The Labute approximate surface area is 121 Å². The summed E-state index contributed by atoms with van der Waals surface area (Å²) in [5.41, 5.74) is 1.05. The highest BCUT2D eigenvalue weighted by Gasteiger charge is 2.19. The fourth-order valence-corrected chi connectivity index (χ4v) is 4.00. The number of aryl methyl sites for hydroxylation is 1. The second-order valence-corrected chi connectivity index (χ2v) is 6.83. The van der Waals surface area contributed by atoms with Crippen LogP contribution < -0.4 is 5.32 Å². The quantitative estimate of drug-likeness (QED) is 0.883. The van der Waals surface area contributed by atoms with Crippen LogP contribution in [0.15, 0.2) is 6.07 Å². The highest BCUT2D eigenvalue weighted by atomic mass is 32.2. The molecule has 0 saturated heterocycles. The van der Waals surface area contributed by atoms with Crippen LogP contribution in [0.4, 0.5) is 5.82 Å². The van der Waals surface area contributed by atoms with E-state index in [9.17, 15) is 0 Å². The van der Waals surface area contributed by atoms with E-state index in [1.54, 1.807) is 0 Å². The molecule has 106 valence electrons. The highest BCUT2D eigenvalue weighted by Crippen LogP contribution is 2.33. The molecule has 1 aliphatic carbocycles. The van der Waals surface area contributed by atoms with Gasteiger partial charge in [-0.1, -0.05) is 19.8 Å². The number of aromatic nitrogens is 2. The van der Waals surface area contributed by atoms with E-state index in [-0.39, 0.29) is 0 Å². The summed E-state index contributed by atoms with van der Waals surface area (Å²) in [6, 6.07) is 2.01. The van der Waals surface area contributed by atoms with Crippen molar-refractivity contribution in [3.05, 3.63) is 17.6 Å². The predicted octanol–water partition coefficient (Wildman–Crippen LogP) is 4.03. The molecule has 3 nitrogen and oxygen atoms in total. The minimum absolute atomic E-state index is 0.801. The SMILES string of the molecule is CCNc1cc(C)nc(CSC2CCCC(C)C2)n1. The molecule has 4 heteroatoms. The fourth-order valence-electron chi connectivity index (χ4n) is 2.69. The molecular weight excluding hydrogens is 254 g/mol. The summed E-state index contributed by atoms with van der Waals surface area (Å²) in [5.74, 6) is 3.76. The van der Waals surface area contributed by atoms with Gasteiger partial charge in [0.1, 0.15) is 11.6 Å². The summed E-state index contributed by atoms with van der Waals surface area (Å²) < 4.78 is 0. The summed E-state index contributed by atoms with van der Waals surface area (Å²) in [5, 5.41) is 4.07. The molecule has 1 heterocycles. The lowest BCUT2D eigenvalue weighted by atomic mass is 9.91. The molecule has 0 aliphatic heterocycles. The van der Waals surface area contributed by atoms with Crippen molar-refractivity contribution in [2.75, 3.05) is 11.9 Å². The number of hydrogen-bond acceptors (Lipinski definition) is 4. The first kappa shape index (κ1) is 14.6. The molecule has 0 spiro atoms. The zero-order valence-electron chi connectivity index (χ0n) is 12.3. The molecule has 1 N–H and O–H groups in total. The number of rotatable bonds is 5. The Morgan fingerprint density at radius 2 is 2.21 bits per heavy atom. The third kappa shape index (κ3) is 4.68. The van der Waals surface area contributed by atoms with Crippen LogP contribution in [0.2, 0.25) is 0 Å². The van der Waals surface area contributed by atoms with Gasteiger partial charge in [-0.25, -0.2) is 9.97 Å². The lowest BCUT2D eigenvalue weighted by molar-refractivity contribution is 0.394. The summed E-state index contributed by atoms with van der Waals surface area (Å²) in [6.45, 7) is 7.41. The molecule has 1 saturated carbocycles. The Kier molecular flexibility index (Phi) is 5.49. The van der Waals surface area contributed by atoms with E-state index >= 15 is 0 Å². The maximum Gasteiger partial charge on any atom is 0.140 e. The third-order valence-corrected chi connectivity index (χ3v) is 4.92. The molecule has 0 bridgehead atoms. The Morgan fingerprint density at radius 1 is 1.37 bits per heavy atom. The summed E-state index contributed by atoms with van der Waals surface area (Å²) in [6.07, 6.45) is 5.51. The van der Waals surface area contributed by atoms with Crippen molar-refractivity contribution >= 4 is 17.6 Å². The summed E-state index contributed by atoms with van der Waals surface area (Å²) in [7, 11) is 0. The van der Waals surface area contributed by atoms with Gasteiger partial charge >= 0.3 is 0 Å². The molecule has 19 heavy (non-hydrogen) atoms. The normalized spacial score (nSPS) is 23.3. The lowest BCUT2D eigenvalue weighted by Gasteiger charge is -2.26. The maximum atomic E-state index is 4.58. The molecule has 1 fully saturated rings. The predicted molar refractivity (Wildman–Crippen MR) is 83.6 cm³/mol. The number of nitrogens with one attached hydrogen (secondary N) is 1. The molecule has 2 rings (SSSR count). The zero-order valence-corrected chi connectivity index (χ0v) is 13.1. The van der Waals surface area contributed by atoms with E-state index in [4.69, 9.17) is 0 Å². The van der Waals surface area contributed by atoms with E-state index in [0.717, 1.165) is 40.8 Å². The topological polar surface area (TPSA) is 37.8 Å². The molecular formula is C15H25N3S. The van der Waals surface area contributed by atoms with E-state index in [1.165, 1.54) is 25.7 Å². The first-order valence-electron chi connectivity index (χ1n) is 7.37. The van der Waals surface area contributed by atoms with Crippen LogP contribution in [0.1, 0.15) is 51.0 Å². The van der Waals surface area contributed by atoms with Gasteiger partial charge in [0.2, 0.25) is 0 Å². The van der Waals surface area contributed by atoms with Gasteiger partial charge in [0.25, 0.3) is 0 Å². The van der Waals surface area contributed by atoms with Crippen LogP contribution in [-0.2, 0) is 5.75 Å². The van der Waals surface area contributed by atoms with Gasteiger partial charge in [-0.05, 0) is 32.6 Å². The van der Waals surface area contributed by atoms with Gasteiger partial charge in [0.15, 0.2) is 0 Å². The second kappa shape index (κ2) is 7.13. The number of nitrogens with zero attached hydrogens (tertiary/aromatic N) is 2. The Balaban J connectivity index is 1.91. The van der Waals surface area contributed by atoms with Crippen LogP contribution >= 0.6 is 11.8 Å². The van der Waals surface area contributed by atoms with Gasteiger partial charge in [0, 0.05) is 23.6 Å². The second-order valence-electron chi connectivity index (χ2n) is 5.55. The van der Waals surface area contributed by atoms with Gasteiger partial charge in [-0.2, -0.15) is 11.8 Å². The Morgan fingerprint density at radius 3 is 2.95 bits per heavy atom. The minimum Gasteiger partial charge on any atom is -0.370 e. The first-order valence-corrected chi connectivity index (χ1v) is 8.42. The number of thioether (sulfide) groups is 1. The van der Waals surface area contributed by atoms with Crippen LogP contribution in [0.25, 0.3) is 0 Å². The van der Waals surface area contributed by atoms with Gasteiger partial charge in [-0.3, -0.25) is 0 Å². The van der Waals surface area contributed by atoms with Crippen molar-refractivity contribution in [1.29, 1.82) is 0 Å². The summed E-state index contributed by atoms with van der Waals surface area (Å²) >= 11 is 2.04. The standard InChI is InChI=1S/C15H25N3S/c1-4-16-14-9-12(3)17-15(18-14)10-19-13-7-5-6-11(2)8-13/h9,11,13H,4-8,10H2,1-3H3,(H,16,17,18). The molecule has 0 aromatic carbocycles. The van der Waals surface area contributed by atoms with Crippen molar-refractivity contribution < 1.29 is 0 Å². The van der Waals surface area contributed by atoms with Crippen molar-refractivity contribution in [3.63, 3.8) is 0 Å². The zero-order chi connectivity index (χ0) is 13.7. The summed E-state index contributed by atoms with van der Waals surface area (Å²) in [4.78, 5) is 9.13. The maximum absolute atomic E-state index is 4.58. The molecule has 2 unspecified atom stereocenters. The molecule has 1 aromatic rings. The van der Waals surface area contributed by atoms with Crippen LogP contribution in [0, 0.1) is 12.8 Å². The van der Waals surface area contributed by atoms with E-state index in [1.807, 2.05) is 24.8 Å². The highest BCUT2D eigenvalue weighted by molar-refractivity contribution is 7.99. The van der Waals surface area contributed by atoms with Crippen LogP contribution in [0.3, 0.4) is 0 Å². The molecule has 1 aliphatic rings. The molecule has 2 atom stereocenters. The van der Waals surface area contributed by atoms with Crippen molar-refractivity contribution in [3.8, 4) is 0 Å². The van der Waals surface area contributed by atoms with E-state index < -0.39 is 0 Å². The monoisotopic (exact) mass is 279 g/mol. The molecule has 0 amide bonds. The van der Waals surface area contributed by atoms with Crippen molar-refractivity contribution in [2.45, 2.75) is 57.5 Å². The smallest absolute Gasteiger partial charge is 0.140 e. The number of hydrogen-bond donors (Lipinski definition) is 1. The number of anilines is 1. The molecule has 1 aromatic heterocycles. The minimum atomic E-state index is 0.801.